The summed E-state index contributed by atoms with van der Waals surface area (Å²) >= 11 is 0. The van der Waals surface area contributed by atoms with Gasteiger partial charge in [-0.1, -0.05) is 42.5 Å². The van der Waals surface area contributed by atoms with E-state index in [1.807, 2.05) is 24.3 Å². The van der Waals surface area contributed by atoms with Crippen LogP contribution < -0.4 is 4.74 Å². The van der Waals surface area contributed by atoms with Crippen LogP contribution in [0.1, 0.15) is 48.3 Å². The van der Waals surface area contributed by atoms with E-state index < -0.39 is 17.5 Å². The van der Waals surface area contributed by atoms with Gasteiger partial charge in [-0.15, -0.1) is 0 Å². The van der Waals surface area contributed by atoms with Gasteiger partial charge in [0.15, 0.2) is 23.2 Å². The zero-order valence-corrected chi connectivity index (χ0v) is 19.0. The number of hydrogen-bond acceptors (Lipinski definition) is 2. The third kappa shape index (κ3) is 5.25. The Bertz CT molecular complexity index is 1090. The summed E-state index contributed by atoms with van der Waals surface area (Å²) in [6.45, 7) is 0. The summed E-state index contributed by atoms with van der Waals surface area (Å²) < 4.78 is 54.0. The summed E-state index contributed by atoms with van der Waals surface area (Å²) in [6.07, 6.45) is 4.62. The Labute approximate surface area is 193 Å². The molecular formula is C28H29F3O2. The first-order valence-corrected chi connectivity index (χ1v) is 11.4. The molecule has 3 aromatic rings. The van der Waals surface area contributed by atoms with E-state index in [1.165, 1.54) is 13.2 Å². The highest BCUT2D eigenvalue weighted by Gasteiger charge is 2.26. The molecule has 0 saturated heterocycles. The van der Waals surface area contributed by atoms with Crippen molar-refractivity contribution >= 4 is 0 Å². The first kappa shape index (κ1) is 23.4. The van der Waals surface area contributed by atoms with Crippen LogP contribution in [0.25, 0.3) is 11.1 Å². The van der Waals surface area contributed by atoms with Gasteiger partial charge in [-0.2, -0.15) is 0 Å². The maximum absolute atomic E-state index is 14.8. The molecule has 1 fully saturated rings. The molecule has 1 aliphatic rings. The third-order valence-corrected chi connectivity index (χ3v) is 6.76. The smallest absolute Gasteiger partial charge is 0.165 e. The SMILES string of the molecule is COc1ccc(-c2ccc(CCc3ccc(C4CCC(OC)CC4)c(F)c3F)cc2)cc1F. The Balaban J connectivity index is 1.41. The van der Waals surface area contributed by atoms with Crippen molar-refractivity contribution < 1.29 is 22.6 Å². The minimum absolute atomic E-state index is 0.0512. The summed E-state index contributed by atoms with van der Waals surface area (Å²) in [6, 6.07) is 16.0. The van der Waals surface area contributed by atoms with Gasteiger partial charge >= 0.3 is 0 Å². The molecule has 0 unspecified atom stereocenters. The van der Waals surface area contributed by atoms with E-state index >= 15 is 0 Å². The quantitative estimate of drug-likeness (QED) is 0.375. The Morgan fingerprint density at radius 3 is 2.09 bits per heavy atom. The molecule has 3 aromatic carbocycles. The topological polar surface area (TPSA) is 18.5 Å². The maximum atomic E-state index is 14.8. The van der Waals surface area contributed by atoms with Crippen molar-refractivity contribution in [1.29, 1.82) is 0 Å². The van der Waals surface area contributed by atoms with E-state index in [2.05, 4.69) is 0 Å². The zero-order chi connectivity index (χ0) is 23.4. The number of benzene rings is 3. The van der Waals surface area contributed by atoms with E-state index in [0.717, 1.165) is 42.4 Å². The van der Waals surface area contributed by atoms with Crippen LogP contribution in [0.15, 0.2) is 54.6 Å². The van der Waals surface area contributed by atoms with Gasteiger partial charge in [0.05, 0.1) is 13.2 Å². The van der Waals surface area contributed by atoms with Crippen LogP contribution in [0.5, 0.6) is 5.75 Å². The second-order valence-corrected chi connectivity index (χ2v) is 8.70. The normalized spacial score (nSPS) is 18.3. The molecule has 2 nitrogen and oxygen atoms in total. The van der Waals surface area contributed by atoms with E-state index in [1.54, 1.807) is 31.4 Å². The fourth-order valence-electron chi connectivity index (χ4n) is 4.71. The molecule has 1 saturated carbocycles. The van der Waals surface area contributed by atoms with Crippen molar-refractivity contribution in [3.05, 3.63) is 88.7 Å². The molecule has 0 heterocycles. The second-order valence-electron chi connectivity index (χ2n) is 8.70. The molecule has 0 aromatic heterocycles. The highest BCUT2D eigenvalue weighted by atomic mass is 19.2. The van der Waals surface area contributed by atoms with Gasteiger partial charge in [0.25, 0.3) is 0 Å². The van der Waals surface area contributed by atoms with Crippen LogP contribution in [-0.2, 0) is 17.6 Å². The summed E-state index contributed by atoms with van der Waals surface area (Å²) in [7, 11) is 3.13. The van der Waals surface area contributed by atoms with Gasteiger partial charge in [0.1, 0.15) is 0 Å². The van der Waals surface area contributed by atoms with Crippen molar-refractivity contribution in [1.82, 2.24) is 0 Å². The monoisotopic (exact) mass is 454 g/mol. The number of aryl methyl sites for hydroxylation is 2. The van der Waals surface area contributed by atoms with E-state index in [9.17, 15) is 13.2 Å². The Morgan fingerprint density at radius 2 is 1.45 bits per heavy atom. The van der Waals surface area contributed by atoms with E-state index in [-0.39, 0.29) is 17.8 Å². The van der Waals surface area contributed by atoms with Crippen molar-refractivity contribution in [3.63, 3.8) is 0 Å². The maximum Gasteiger partial charge on any atom is 0.165 e. The minimum atomic E-state index is -0.730. The van der Waals surface area contributed by atoms with Crippen LogP contribution in [0.3, 0.4) is 0 Å². The number of hydrogen-bond donors (Lipinski definition) is 0. The lowest BCUT2D eigenvalue weighted by Gasteiger charge is -2.28. The molecule has 4 rings (SSSR count). The number of ether oxygens (including phenoxy) is 2. The summed E-state index contributed by atoms with van der Waals surface area (Å²) in [5.74, 6) is -1.59. The molecule has 5 heteroatoms. The van der Waals surface area contributed by atoms with Crippen molar-refractivity contribution in [2.45, 2.75) is 50.5 Å². The highest BCUT2D eigenvalue weighted by Crippen LogP contribution is 2.36. The predicted octanol–water partition coefficient (Wildman–Crippen LogP) is 7.24. The molecule has 0 N–H and O–H groups in total. The van der Waals surface area contributed by atoms with Crippen LogP contribution in [0.2, 0.25) is 0 Å². The average molecular weight is 455 g/mol. The first-order valence-electron chi connectivity index (χ1n) is 11.4. The van der Waals surface area contributed by atoms with Gasteiger partial charge in [-0.3, -0.25) is 0 Å². The lowest BCUT2D eigenvalue weighted by molar-refractivity contribution is 0.0655. The predicted molar refractivity (Wildman–Crippen MR) is 124 cm³/mol. The Kier molecular flexibility index (Phi) is 7.39. The van der Waals surface area contributed by atoms with E-state index in [0.29, 0.717) is 24.0 Å². The Hall–Kier alpha value is -2.79. The summed E-state index contributed by atoms with van der Waals surface area (Å²) in [5.41, 5.74) is 3.52. The molecule has 1 aliphatic carbocycles. The molecule has 0 amide bonds. The third-order valence-electron chi connectivity index (χ3n) is 6.76. The molecule has 0 spiro atoms. The van der Waals surface area contributed by atoms with Crippen LogP contribution in [0.4, 0.5) is 13.2 Å². The standard InChI is InChI=1S/C28H29F3O2/c1-32-23-13-9-20(10-14-23)24-15-11-21(27(30)28(24)31)8-5-18-3-6-19(7-4-18)22-12-16-26(33-2)25(29)17-22/h3-4,6-7,11-12,15-17,20,23H,5,8-10,13-14H2,1-2H3. The van der Waals surface area contributed by atoms with Crippen LogP contribution in [0, 0.1) is 17.5 Å². The van der Waals surface area contributed by atoms with Crippen LogP contribution in [-0.4, -0.2) is 20.3 Å². The number of halogens is 3. The van der Waals surface area contributed by atoms with Gasteiger partial charge in [0, 0.05) is 7.11 Å². The first-order chi connectivity index (χ1) is 16.0. The molecule has 0 bridgehead atoms. The van der Waals surface area contributed by atoms with Gasteiger partial charge in [-0.25, -0.2) is 13.2 Å². The van der Waals surface area contributed by atoms with Crippen molar-refractivity contribution in [2.24, 2.45) is 0 Å². The number of rotatable bonds is 7. The Morgan fingerprint density at radius 1 is 0.758 bits per heavy atom. The van der Waals surface area contributed by atoms with Gasteiger partial charge in [0.2, 0.25) is 0 Å². The molecule has 0 aliphatic heterocycles. The van der Waals surface area contributed by atoms with E-state index in [4.69, 9.17) is 9.47 Å². The molecule has 0 atom stereocenters. The summed E-state index contributed by atoms with van der Waals surface area (Å²) in [5, 5.41) is 0. The fraction of sp³-hybridized carbons (Fsp3) is 0.357. The average Bonchev–Trinajstić information content (AvgIpc) is 2.85. The fourth-order valence-corrected chi connectivity index (χ4v) is 4.71. The molecule has 33 heavy (non-hydrogen) atoms. The lowest BCUT2D eigenvalue weighted by Crippen LogP contribution is -2.20. The van der Waals surface area contributed by atoms with Crippen molar-refractivity contribution in [3.8, 4) is 16.9 Å². The van der Waals surface area contributed by atoms with Gasteiger partial charge in [-0.05, 0) is 84.4 Å². The van der Waals surface area contributed by atoms with Crippen molar-refractivity contribution in [2.75, 3.05) is 14.2 Å². The summed E-state index contributed by atoms with van der Waals surface area (Å²) in [4.78, 5) is 0. The van der Waals surface area contributed by atoms with Crippen LogP contribution >= 0.6 is 0 Å². The molecular weight excluding hydrogens is 425 g/mol. The molecule has 174 valence electrons. The zero-order valence-electron chi connectivity index (χ0n) is 19.0. The second kappa shape index (κ2) is 10.4. The molecule has 0 radical (unpaired) electrons. The number of methoxy groups -OCH3 is 2. The van der Waals surface area contributed by atoms with Gasteiger partial charge < -0.3 is 9.47 Å². The largest absolute Gasteiger partial charge is 0.494 e. The highest BCUT2D eigenvalue weighted by molar-refractivity contribution is 5.64. The lowest BCUT2D eigenvalue weighted by atomic mass is 9.82. The minimum Gasteiger partial charge on any atom is -0.494 e.